The van der Waals surface area contributed by atoms with E-state index in [1.54, 1.807) is 0 Å². The van der Waals surface area contributed by atoms with E-state index in [1.165, 1.54) is 18.5 Å². The van der Waals surface area contributed by atoms with Crippen molar-refractivity contribution >= 4 is 11.6 Å². The van der Waals surface area contributed by atoms with E-state index in [-0.39, 0.29) is 0 Å². The highest BCUT2D eigenvalue weighted by Crippen LogP contribution is 2.32. The number of rotatable bonds is 4. The topological polar surface area (TPSA) is 3.24 Å². The zero-order chi connectivity index (χ0) is 11.5. The highest BCUT2D eigenvalue weighted by Gasteiger charge is 2.32. The molecule has 1 nitrogen and oxygen atoms in total. The molecule has 0 bridgehead atoms. The second-order valence-corrected chi connectivity index (χ2v) is 4.92. The minimum Gasteiger partial charge on any atom is -0.296 e. The molecule has 0 radical (unpaired) electrons. The molecule has 1 aliphatic heterocycles. The van der Waals surface area contributed by atoms with Crippen molar-refractivity contribution < 1.29 is 0 Å². The second-order valence-electron chi connectivity index (χ2n) is 4.48. The van der Waals surface area contributed by atoms with Crippen LogP contribution >= 0.6 is 11.6 Å². The van der Waals surface area contributed by atoms with Crippen LogP contribution in [-0.2, 0) is 0 Å². The predicted molar refractivity (Wildman–Crippen MR) is 70.0 cm³/mol. The van der Waals surface area contributed by atoms with E-state index in [9.17, 15) is 0 Å². The molecule has 0 unspecified atom stereocenters. The molecule has 1 aromatic rings. The SMILES string of the molecule is C=CCN1CC[C@H]1[C@@H](C)c1cccc(Cl)c1. The molecule has 86 valence electrons. The average molecular weight is 236 g/mol. The molecule has 1 saturated heterocycles. The summed E-state index contributed by atoms with van der Waals surface area (Å²) in [4.78, 5) is 2.47. The third-order valence-electron chi connectivity index (χ3n) is 3.50. The Bertz CT molecular complexity index is 375. The maximum Gasteiger partial charge on any atom is 0.0408 e. The molecule has 1 aliphatic rings. The predicted octanol–water partition coefficient (Wildman–Crippen LogP) is 3.70. The van der Waals surface area contributed by atoms with Gasteiger partial charge in [-0.1, -0.05) is 36.7 Å². The number of hydrogen-bond acceptors (Lipinski definition) is 1. The van der Waals surface area contributed by atoms with Gasteiger partial charge in [0.15, 0.2) is 0 Å². The second kappa shape index (κ2) is 5.03. The van der Waals surface area contributed by atoms with Crippen molar-refractivity contribution in [2.24, 2.45) is 0 Å². The Morgan fingerprint density at radius 1 is 1.62 bits per heavy atom. The summed E-state index contributed by atoms with van der Waals surface area (Å²) in [6.07, 6.45) is 3.26. The van der Waals surface area contributed by atoms with Gasteiger partial charge in [-0.2, -0.15) is 0 Å². The van der Waals surface area contributed by atoms with Crippen molar-refractivity contribution in [3.63, 3.8) is 0 Å². The Morgan fingerprint density at radius 3 is 3.00 bits per heavy atom. The number of hydrogen-bond donors (Lipinski definition) is 0. The molecule has 0 aromatic heterocycles. The summed E-state index contributed by atoms with van der Waals surface area (Å²) in [7, 11) is 0. The Labute approximate surface area is 103 Å². The van der Waals surface area contributed by atoms with E-state index in [4.69, 9.17) is 11.6 Å². The molecule has 0 aliphatic carbocycles. The maximum atomic E-state index is 6.02. The first-order valence-corrected chi connectivity index (χ1v) is 6.20. The molecule has 16 heavy (non-hydrogen) atoms. The van der Waals surface area contributed by atoms with Crippen LogP contribution in [0.15, 0.2) is 36.9 Å². The summed E-state index contributed by atoms with van der Waals surface area (Å²) in [5.74, 6) is 0.549. The van der Waals surface area contributed by atoms with Gasteiger partial charge in [-0.05, 0) is 30.0 Å². The van der Waals surface area contributed by atoms with Gasteiger partial charge in [0.05, 0.1) is 0 Å². The Kier molecular flexibility index (Phi) is 3.67. The molecule has 0 amide bonds. The number of likely N-dealkylation sites (tertiary alicyclic amines) is 1. The zero-order valence-corrected chi connectivity index (χ0v) is 10.5. The van der Waals surface area contributed by atoms with Crippen LogP contribution in [0.2, 0.25) is 5.02 Å². The van der Waals surface area contributed by atoms with Gasteiger partial charge in [-0.3, -0.25) is 4.90 Å². The molecule has 1 fully saturated rings. The normalized spacial score (nSPS) is 22.5. The fraction of sp³-hybridized carbons (Fsp3) is 0.429. The number of halogens is 1. The van der Waals surface area contributed by atoms with Crippen LogP contribution in [0.25, 0.3) is 0 Å². The summed E-state index contributed by atoms with van der Waals surface area (Å²) < 4.78 is 0. The monoisotopic (exact) mass is 235 g/mol. The van der Waals surface area contributed by atoms with Gasteiger partial charge in [-0.25, -0.2) is 0 Å². The summed E-state index contributed by atoms with van der Waals surface area (Å²) in [5, 5.41) is 0.832. The van der Waals surface area contributed by atoms with Crippen molar-refractivity contribution in [3.05, 3.63) is 47.5 Å². The van der Waals surface area contributed by atoms with Crippen molar-refractivity contribution in [1.82, 2.24) is 4.90 Å². The molecular weight excluding hydrogens is 218 g/mol. The fourth-order valence-corrected chi connectivity index (χ4v) is 2.63. The van der Waals surface area contributed by atoms with E-state index in [0.717, 1.165) is 11.6 Å². The van der Waals surface area contributed by atoms with Crippen LogP contribution in [0.1, 0.15) is 24.8 Å². The van der Waals surface area contributed by atoms with E-state index < -0.39 is 0 Å². The van der Waals surface area contributed by atoms with Crippen LogP contribution in [0.4, 0.5) is 0 Å². The van der Waals surface area contributed by atoms with E-state index in [1.807, 2.05) is 18.2 Å². The smallest absolute Gasteiger partial charge is 0.0408 e. The lowest BCUT2D eigenvalue weighted by molar-refractivity contribution is 0.0876. The Hall–Kier alpha value is -0.790. The van der Waals surface area contributed by atoms with Crippen molar-refractivity contribution in [3.8, 4) is 0 Å². The van der Waals surface area contributed by atoms with Gasteiger partial charge in [0, 0.05) is 24.2 Å². The molecule has 2 rings (SSSR count). The minimum atomic E-state index is 0.549. The Morgan fingerprint density at radius 2 is 2.44 bits per heavy atom. The van der Waals surface area contributed by atoms with E-state index in [0.29, 0.717) is 12.0 Å². The lowest BCUT2D eigenvalue weighted by Crippen LogP contribution is -2.50. The highest BCUT2D eigenvalue weighted by atomic mass is 35.5. The molecule has 2 atom stereocenters. The van der Waals surface area contributed by atoms with Gasteiger partial charge in [0.25, 0.3) is 0 Å². The molecule has 0 N–H and O–H groups in total. The molecular formula is C14H18ClN. The van der Waals surface area contributed by atoms with Crippen molar-refractivity contribution in [2.45, 2.75) is 25.3 Å². The molecule has 1 heterocycles. The van der Waals surface area contributed by atoms with Gasteiger partial charge < -0.3 is 0 Å². The molecule has 2 heteroatoms. The summed E-state index contributed by atoms with van der Waals surface area (Å²) in [5.41, 5.74) is 1.34. The quantitative estimate of drug-likeness (QED) is 0.720. The highest BCUT2D eigenvalue weighted by molar-refractivity contribution is 6.30. The fourth-order valence-electron chi connectivity index (χ4n) is 2.43. The number of benzene rings is 1. The lowest BCUT2D eigenvalue weighted by atomic mass is 9.85. The van der Waals surface area contributed by atoms with Crippen LogP contribution in [0.3, 0.4) is 0 Å². The average Bonchev–Trinajstić information content (AvgIpc) is 2.24. The first-order valence-electron chi connectivity index (χ1n) is 5.83. The van der Waals surface area contributed by atoms with Crippen molar-refractivity contribution in [2.75, 3.05) is 13.1 Å². The standard InChI is InChI=1S/C14H18ClN/c1-3-8-16-9-7-14(16)11(2)12-5-4-6-13(15)10-12/h3-6,10-11,14H,1,7-9H2,2H3/t11-,14-/m0/s1. The molecule has 0 spiro atoms. The molecule has 1 aromatic carbocycles. The summed E-state index contributed by atoms with van der Waals surface area (Å²) in [6, 6.07) is 8.86. The van der Waals surface area contributed by atoms with E-state index in [2.05, 4.69) is 30.5 Å². The number of nitrogens with zero attached hydrogens (tertiary/aromatic N) is 1. The molecule has 0 saturated carbocycles. The van der Waals surface area contributed by atoms with Crippen LogP contribution in [-0.4, -0.2) is 24.0 Å². The zero-order valence-electron chi connectivity index (χ0n) is 9.70. The summed E-state index contributed by atoms with van der Waals surface area (Å²) in [6.45, 7) is 8.28. The van der Waals surface area contributed by atoms with Gasteiger partial charge >= 0.3 is 0 Å². The van der Waals surface area contributed by atoms with Gasteiger partial charge in [-0.15, -0.1) is 6.58 Å². The van der Waals surface area contributed by atoms with Crippen molar-refractivity contribution in [1.29, 1.82) is 0 Å². The Balaban J connectivity index is 2.07. The maximum absolute atomic E-state index is 6.02. The minimum absolute atomic E-state index is 0.549. The van der Waals surface area contributed by atoms with E-state index >= 15 is 0 Å². The van der Waals surface area contributed by atoms with Crippen LogP contribution in [0, 0.1) is 0 Å². The van der Waals surface area contributed by atoms with Gasteiger partial charge in [0.1, 0.15) is 0 Å². The third-order valence-corrected chi connectivity index (χ3v) is 3.73. The first kappa shape index (κ1) is 11.7. The lowest BCUT2D eigenvalue weighted by Gasteiger charge is -2.44. The van der Waals surface area contributed by atoms with Crippen LogP contribution in [0.5, 0.6) is 0 Å². The largest absolute Gasteiger partial charge is 0.296 e. The van der Waals surface area contributed by atoms with Gasteiger partial charge in [0.2, 0.25) is 0 Å². The first-order chi connectivity index (χ1) is 7.72. The third kappa shape index (κ3) is 2.31. The summed E-state index contributed by atoms with van der Waals surface area (Å²) >= 11 is 6.02. The van der Waals surface area contributed by atoms with Crippen LogP contribution < -0.4 is 0 Å².